The minimum atomic E-state index is 0.604. The zero-order valence-electron chi connectivity index (χ0n) is 9.83. The highest BCUT2D eigenvalue weighted by atomic mass is 16.5. The van der Waals surface area contributed by atoms with E-state index in [1.165, 1.54) is 0 Å². The van der Waals surface area contributed by atoms with Crippen molar-refractivity contribution in [2.75, 3.05) is 21.3 Å². The number of hydrogen-bond acceptors (Lipinski definition) is 3. The summed E-state index contributed by atoms with van der Waals surface area (Å²) in [7, 11) is 6.75. The lowest BCUT2D eigenvalue weighted by atomic mass is 10.2. The molecule has 0 saturated heterocycles. The van der Waals surface area contributed by atoms with Gasteiger partial charge < -0.3 is 18.8 Å². The van der Waals surface area contributed by atoms with E-state index in [0.717, 1.165) is 10.9 Å². The molecule has 0 bridgehead atoms. The van der Waals surface area contributed by atoms with E-state index in [0.29, 0.717) is 17.2 Å². The van der Waals surface area contributed by atoms with Gasteiger partial charge in [0.25, 0.3) is 0 Å². The first-order valence-electron chi connectivity index (χ1n) is 4.88. The van der Waals surface area contributed by atoms with Gasteiger partial charge >= 0.3 is 0 Å². The Bertz CT molecular complexity index is 516. The molecule has 16 heavy (non-hydrogen) atoms. The van der Waals surface area contributed by atoms with Gasteiger partial charge in [-0.05, 0) is 6.07 Å². The third-order valence-electron chi connectivity index (χ3n) is 2.57. The summed E-state index contributed by atoms with van der Waals surface area (Å²) in [5.41, 5.74) is 0.945. The zero-order valence-corrected chi connectivity index (χ0v) is 9.83. The van der Waals surface area contributed by atoms with Gasteiger partial charge in [-0.1, -0.05) is 0 Å². The highest BCUT2D eigenvalue weighted by molar-refractivity contribution is 5.90. The van der Waals surface area contributed by atoms with E-state index in [4.69, 9.17) is 14.2 Å². The number of rotatable bonds is 3. The van der Waals surface area contributed by atoms with Crippen molar-refractivity contribution >= 4 is 10.9 Å². The Balaban J connectivity index is 2.85. The monoisotopic (exact) mass is 220 g/mol. The Hall–Kier alpha value is -1.84. The predicted molar refractivity (Wildman–Crippen MR) is 61.4 cm³/mol. The number of fused-ring (bicyclic) bond motifs is 1. The van der Waals surface area contributed by atoms with Crippen LogP contribution in [0.25, 0.3) is 10.9 Å². The molecule has 0 amide bonds. The largest absolute Gasteiger partial charge is 0.493 e. The van der Waals surface area contributed by atoms with Crippen molar-refractivity contribution in [3.63, 3.8) is 0 Å². The first-order valence-corrected chi connectivity index (χ1v) is 4.88. The van der Waals surface area contributed by atoms with Gasteiger partial charge in [0, 0.05) is 24.7 Å². The highest BCUT2D eigenvalue weighted by Gasteiger charge is 2.17. The van der Waals surface area contributed by atoms with Gasteiger partial charge in [0.1, 0.15) is 0 Å². The smallest absolute Gasteiger partial charge is 0.205 e. The van der Waals surface area contributed by atoms with Crippen LogP contribution in [0.3, 0.4) is 0 Å². The summed E-state index contributed by atoms with van der Waals surface area (Å²) in [6.07, 6.45) is 1.85. The van der Waals surface area contributed by atoms with Crippen LogP contribution in [0, 0.1) is 6.07 Å². The SMILES string of the molecule is COc1cc2[c]cn(C)c2c(OC)c1OC. The van der Waals surface area contributed by atoms with Gasteiger partial charge in [0.15, 0.2) is 11.5 Å². The fraction of sp³-hybridized carbons (Fsp3) is 0.333. The average Bonchev–Trinajstić information content (AvgIpc) is 2.68. The Morgan fingerprint density at radius 1 is 1.06 bits per heavy atom. The van der Waals surface area contributed by atoms with Crippen molar-refractivity contribution in [1.29, 1.82) is 0 Å². The normalized spacial score (nSPS) is 10.5. The summed E-state index contributed by atoms with van der Waals surface area (Å²) < 4.78 is 17.9. The third kappa shape index (κ3) is 1.38. The first kappa shape index (κ1) is 10.7. The topological polar surface area (TPSA) is 32.6 Å². The number of ether oxygens (including phenoxy) is 3. The van der Waals surface area contributed by atoms with E-state index < -0.39 is 0 Å². The molecule has 85 valence electrons. The number of benzene rings is 1. The molecular weight excluding hydrogens is 206 g/mol. The second-order valence-corrected chi connectivity index (χ2v) is 3.43. The van der Waals surface area contributed by atoms with E-state index in [1.54, 1.807) is 21.3 Å². The number of methoxy groups -OCH3 is 3. The molecule has 0 aliphatic heterocycles. The van der Waals surface area contributed by atoms with E-state index in [1.807, 2.05) is 23.9 Å². The Labute approximate surface area is 94.3 Å². The number of hydrogen-bond donors (Lipinski definition) is 0. The maximum absolute atomic E-state index is 5.39. The number of aromatic nitrogens is 1. The van der Waals surface area contributed by atoms with E-state index >= 15 is 0 Å². The fourth-order valence-electron chi connectivity index (χ4n) is 1.83. The molecule has 0 aliphatic carbocycles. The maximum atomic E-state index is 5.39. The summed E-state index contributed by atoms with van der Waals surface area (Å²) in [6, 6.07) is 5.02. The van der Waals surface area contributed by atoms with E-state index in [2.05, 4.69) is 6.07 Å². The van der Waals surface area contributed by atoms with Gasteiger partial charge in [0.2, 0.25) is 5.75 Å². The molecule has 2 aromatic rings. The molecule has 1 aromatic heterocycles. The molecule has 0 aliphatic rings. The lowest BCUT2D eigenvalue weighted by Gasteiger charge is -2.13. The number of nitrogens with zero attached hydrogens (tertiary/aromatic N) is 1. The van der Waals surface area contributed by atoms with Crippen molar-refractivity contribution < 1.29 is 14.2 Å². The van der Waals surface area contributed by atoms with Gasteiger partial charge in [-0.3, -0.25) is 0 Å². The molecular formula is C12H14NO3. The summed E-state index contributed by atoms with van der Waals surface area (Å²) in [5, 5.41) is 0.942. The Morgan fingerprint density at radius 2 is 1.75 bits per heavy atom. The second-order valence-electron chi connectivity index (χ2n) is 3.43. The predicted octanol–water partition coefficient (Wildman–Crippen LogP) is 2.00. The maximum Gasteiger partial charge on any atom is 0.205 e. The van der Waals surface area contributed by atoms with E-state index in [9.17, 15) is 0 Å². The van der Waals surface area contributed by atoms with Crippen LogP contribution < -0.4 is 14.2 Å². The summed E-state index contributed by atoms with van der Waals surface area (Å²) >= 11 is 0. The highest BCUT2D eigenvalue weighted by Crippen LogP contribution is 2.43. The molecule has 1 radical (unpaired) electrons. The van der Waals surface area contributed by atoms with Gasteiger partial charge in [-0.2, -0.15) is 0 Å². The summed E-state index contributed by atoms with van der Waals surface area (Å²) in [5.74, 6) is 1.92. The third-order valence-corrected chi connectivity index (χ3v) is 2.57. The van der Waals surface area contributed by atoms with Crippen molar-refractivity contribution in [2.45, 2.75) is 0 Å². The molecule has 2 rings (SSSR count). The molecule has 4 heteroatoms. The molecule has 1 heterocycles. The summed E-state index contributed by atoms with van der Waals surface area (Å²) in [4.78, 5) is 0. The van der Waals surface area contributed by atoms with Crippen LogP contribution in [0.1, 0.15) is 0 Å². The molecule has 0 N–H and O–H groups in total. The van der Waals surface area contributed by atoms with Gasteiger partial charge in [-0.25, -0.2) is 0 Å². The minimum Gasteiger partial charge on any atom is -0.493 e. The van der Waals surface area contributed by atoms with Crippen LogP contribution in [0.4, 0.5) is 0 Å². The van der Waals surface area contributed by atoms with Crippen molar-refractivity contribution in [2.24, 2.45) is 7.05 Å². The van der Waals surface area contributed by atoms with Crippen LogP contribution >= 0.6 is 0 Å². The first-order chi connectivity index (χ1) is 7.72. The number of aryl methyl sites for hydroxylation is 1. The molecule has 0 unspecified atom stereocenters. The Kier molecular flexibility index (Phi) is 2.64. The van der Waals surface area contributed by atoms with Gasteiger partial charge in [0.05, 0.1) is 26.8 Å². The molecule has 0 saturated carbocycles. The summed E-state index contributed by atoms with van der Waals surface area (Å²) in [6.45, 7) is 0. The van der Waals surface area contributed by atoms with Crippen LogP contribution in [0.15, 0.2) is 12.3 Å². The van der Waals surface area contributed by atoms with Crippen LogP contribution in [0.5, 0.6) is 17.2 Å². The van der Waals surface area contributed by atoms with Crippen molar-refractivity contribution in [1.82, 2.24) is 4.57 Å². The lowest BCUT2D eigenvalue weighted by Crippen LogP contribution is -1.97. The van der Waals surface area contributed by atoms with Gasteiger partial charge in [-0.15, -0.1) is 0 Å². The van der Waals surface area contributed by atoms with Crippen LogP contribution in [0.2, 0.25) is 0 Å². The standard InChI is InChI=1S/C12H14NO3/c1-13-6-5-8-7-9(14-2)11(15-3)12(16-4)10(8)13/h6-7H,1-4H3. The zero-order chi connectivity index (χ0) is 11.7. The molecule has 0 atom stereocenters. The quantitative estimate of drug-likeness (QED) is 0.793. The minimum absolute atomic E-state index is 0.604. The van der Waals surface area contributed by atoms with E-state index in [-0.39, 0.29) is 0 Å². The fourth-order valence-corrected chi connectivity index (χ4v) is 1.83. The lowest BCUT2D eigenvalue weighted by molar-refractivity contribution is 0.326. The molecule has 0 fully saturated rings. The second kappa shape index (κ2) is 3.96. The van der Waals surface area contributed by atoms with Crippen LogP contribution in [-0.4, -0.2) is 25.9 Å². The average molecular weight is 220 g/mol. The molecule has 0 spiro atoms. The molecule has 1 aromatic carbocycles. The van der Waals surface area contributed by atoms with Crippen molar-refractivity contribution in [3.05, 3.63) is 18.3 Å². The van der Waals surface area contributed by atoms with Crippen molar-refractivity contribution in [3.8, 4) is 17.2 Å². The molecule has 4 nitrogen and oxygen atoms in total. The van der Waals surface area contributed by atoms with Crippen LogP contribution in [-0.2, 0) is 7.05 Å². The Morgan fingerprint density at radius 3 is 2.31 bits per heavy atom.